The van der Waals surface area contributed by atoms with Crippen LogP contribution in [-0.4, -0.2) is 25.5 Å². The molecule has 136 valence electrons. The Morgan fingerprint density at radius 1 is 1.23 bits per heavy atom. The van der Waals surface area contributed by atoms with E-state index in [2.05, 4.69) is 5.32 Å². The van der Waals surface area contributed by atoms with Gasteiger partial charge in [0.25, 0.3) is 0 Å². The number of amides is 2. The summed E-state index contributed by atoms with van der Waals surface area (Å²) in [5.74, 6) is 0.153. The first-order valence-corrected chi connectivity index (χ1v) is 8.86. The third kappa shape index (κ3) is 3.83. The van der Waals surface area contributed by atoms with E-state index < -0.39 is 0 Å². The fourth-order valence-corrected chi connectivity index (χ4v) is 3.43. The first kappa shape index (κ1) is 18.3. The number of hydrogen-bond donors (Lipinski definition) is 1. The second-order valence-electron chi connectivity index (χ2n) is 6.36. The molecule has 2 atom stereocenters. The van der Waals surface area contributed by atoms with Crippen molar-refractivity contribution in [3.8, 4) is 5.75 Å². The SMILES string of the molecule is COc1ccc(N2CC(C(=O)NC(C)c3ccccc3Cl)CC2=O)cc1. The van der Waals surface area contributed by atoms with Gasteiger partial charge in [-0.15, -0.1) is 0 Å². The van der Waals surface area contributed by atoms with Gasteiger partial charge in [-0.25, -0.2) is 0 Å². The van der Waals surface area contributed by atoms with E-state index in [0.29, 0.717) is 11.6 Å². The lowest BCUT2D eigenvalue weighted by Gasteiger charge is -2.19. The van der Waals surface area contributed by atoms with Crippen molar-refractivity contribution in [3.05, 3.63) is 59.1 Å². The molecule has 0 aliphatic carbocycles. The van der Waals surface area contributed by atoms with Crippen molar-refractivity contribution in [1.29, 1.82) is 0 Å². The van der Waals surface area contributed by atoms with E-state index in [9.17, 15) is 9.59 Å². The molecule has 1 aliphatic heterocycles. The lowest BCUT2D eigenvalue weighted by molar-refractivity contribution is -0.126. The molecule has 6 heteroatoms. The summed E-state index contributed by atoms with van der Waals surface area (Å²) in [4.78, 5) is 26.6. The first-order chi connectivity index (χ1) is 12.5. The number of ether oxygens (including phenoxy) is 1. The summed E-state index contributed by atoms with van der Waals surface area (Å²) in [5.41, 5.74) is 1.63. The summed E-state index contributed by atoms with van der Waals surface area (Å²) >= 11 is 6.19. The molecular formula is C20H21ClN2O3. The Balaban J connectivity index is 1.66. The van der Waals surface area contributed by atoms with Crippen LogP contribution in [0.4, 0.5) is 5.69 Å². The predicted octanol–water partition coefficient (Wildman–Crippen LogP) is 3.58. The number of halogens is 1. The van der Waals surface area contributed by atoms with Gasteiger partial charge in [-0.05, 0) is 42.8 Å². The normalized spacial score (nSPS) is 17.9. The fourth-order valence-electron chi connectivity index (χ4n) is 3.13. The zero-order chi connectivity index (χ0) is 18.7. The Bertz CT molecular complexity index is 807. The third-order valence-electron chi connectivity index (χ3n) is 4.61. The van der Waals surface area contributed by atoms with Gasteiger partial charge in [-0.3, -0.25) is 9.59 Å². The predicted molar refractivity (Wildman–Crippen MR) is 101 cm³/mol. The van der Waals surface area contributed by atoms with E-state index in [4.69, 9.17) is 16.3 Å². The van der Waals surface area contributed by atoms with Crippen LogP contribution in [0.25, 0.3) is 0 Å². The number of carbonyl (C=O) groups excluding carboxylic acids is 2. The molecule has 0 radical (unpaired) electrons. The highest BCUT2D eigenvalue weighted by atomic mass is 35.5. The monoisotopic (exact) mass is 372 g/mol. The molecule has 1 saturated heterocycles. The molecule has 0 bridgehead atoms. The van der Waals surface area contributed by atoms with Crippen LogP contribution in [0.3, 0.4) is 0 Å². The molecular weight excluding hydrogens is 352 g/mol. The quantitative estimate of drug-likeness (QED) is 0.872. The van der Waals surface area contributed by atoms with Crippen molar-refractivity contribution in [2.75, 3.05) is 18.6 Å². The van der Waals surface area contributed by atoms with Gasteiger partial charge in [0, 0.05) is 23.7 Å². The van der Waals surface area contributed by atoms with Crippen LogP contribution in [0.2, 0.25) is 5.02 Å². The maximum atomic E-state index is 12.6. The van der Waals surface area contributed by atoms with Crippen LogP contribution in [0, 0.1) is 5.92 Å². The van der Waals surface area contributed by atoms with Crippen molar-refractivity contribution in [2.24, 2.45) is 5.92 Å². The van der Waals surface area contributed by atoms with Crippen LogP contribution >= 0.6 is 11.6 Å². The van der Waals surface area contributed by atoms with Crippen LogP contribution in [0.15, 0.2) is 48.5 Å². The molecule has 1 heterocycles. The number of rotatable bonds is 5. The van der Waals surface area contributed by atoms with Gasteiger partial charge in [0.15, 0.2) is 0 Å². The molecule has 5 nitrogen and oxygen atoms in total. The summed E-state index contributed by atoms with van der Waals surface area (Å²) in [6.45, 7) is 2.25. The lowest BCUT2D eigenvalue weighted by Crippen LogP contribution is -2.34. The summed E-state index contributed by atoms with van der Waals surface area (Å²) in [6, 6.07) is 14.4. The van der Waals surface area contributed by atoms with E-state index in [1.54, 1.807) is 30.2 Å². The Hall–Kier alpha value is -2.53. The summed E-state index contributed by atoms with van der Waals surface area (Å²) in [6.07, 6.45) is 0.201. The summed E-state index contributed by atoms with van der Waals surface area (Å²) < 4.78 is 5.14. The van der Waals surface area contributed by atoms with Crippen LogP contribution < -0.4 is 15.0 Å². The largest absolute Gasteiger partial charge is 0.497 e. The van der Waals surface area contributed by atoms with Gasteiger partial charge in [0.1, 0.15) is 5.75 Å². The van der Waals surface area contributed by atoms with Gasteiger partial charge < -0.3 is 15.0 Å². The molecule has 0 saturated carbocycles. The average Bonchev–Trinajstić information content (AvgIpc) is 3.04. The highest BCUT2D eigenvalue weighted by molar-refractivity contribution is 6.31. The van der Waals surface area contributed by atoms with Gasteiger partial charge in [0.05, 0.1) is 19.1 Å². The second kappa shape index (κ2) is 7.79. The number of hydrogen-bond acceptors (Lipinski definition) is 3. The van der Waals surface area contributed by atoms with E-state index in [1.165, 1.54) is 0 Å². The van der Waals surface area contributed by atoms with E-state index in [1.807, 2.05) is 37.3 Å². The summed E-state index contributed by atoms with van der Waals surface area (Å²) in [5, 5.41) is 3.58. The minimum absolute atomic E-state index is 0.0549. The van der Waals surface area contributed by atoms with E-state index >= 15 is 0 Å². The lowest BCUT2D eigenvalue weighted by atomic mass is 10.0. The van der Waals surface area contributed by atoms with Crippen molar-refractivity contribution in [1.82, 2.24) is 5.32 Å². The zero-order valence-corrected chi connectivity index (χ0v) is 15.5. The number of nitrogens with one attached hydrogen (secondary N) is 1. The fraction of sp³-hybridized carbons (Fsp3) is 0.300. The van der Waals surface area contributed by atoms with Gasteiger partial charge in [0.2, 0.25) is 11.8 Å². The molecule has 1 fully saturated rings. The maximum absolute atomic E-state index is 12.6. The molecule has 0 aromatic heterocycles. The molecule has 0 spiro atoms. The second-order valence-corrected chi connectivity index (χ2v) is 6.76. The molecule has 2 aromatic rings. The number of methoxy groups -OCH3 is 1. The van der Waals surface area contributed by atoms with Crippen LogP contribution in [0.5, 0.6) is 5.75 Å². The highest BCUT2D eigenvalue weighted by Gasteiger charge is 2.35. The molecule has 3 rings (SSSR count). The zero-order valence-electron chi connectivity index (χ0n) is 14.7. The smallest absolute Gasteiger partial charge is 0.227 e. The number of anilines is 1. The highest BCUT2D eigenvalue weighted by Crippen LogP contribution is 2.28. The van der Waals surface area contributed by atoms with Crippen molar-refractivity contribution in [2.45, 2.75) is 19.4 Å². The number of benzene rings is 2. The standard InChI is InChI=1S/C20H21ClN2O3/c1-13(17-5-3-4-6-18(17)21)22-20(25)14-11-19(24)23(12-14)15-7-9-16(26-2)10-8-15/h3-10,13-14H,11-12H2,1-2H3,(H,22,25). The maximum Gasteiger partial charge on any atom is 0.227 e. The van der Waals surface area contributed by atoms with E-state index in [-0.39, 0.29) is 30.2 Å². The Labute approximate surface area is 157 Å². The molecule has 26 heavy (non-hydrogen) atoms. The van der Waals surface area contributed by atoms with Crippen molar-refractivity contribution in [3.63, 3.8) is 0 Å². The molecule has 2 aromatic carbocycles. The Morgan fingerprint density at radius 2 is 1.92 bits per heavy atom. The minimum Gasteiger partial charge on any atom is -0.497 e. The molecule has 2 amide bonds. The third-order valence-corrected chi connectivity index (χ3v) is 4.95. The first-order valence-electron chi connectivity index (χ1n) is 8.49. The molecule has 1 N–H and O–H groups in total. The van der Waals surface area contributed by atoms with Gasteiger partial charge in [-0.2, -0.15) is 0 Å². The van der Waals surface area contributed by atoms with Crippen LogP contribution in [-0.2, 0) is 9.59 Å². The number of carbonyl (C=O) groups is 2. The summed E-state index contributed by atoms with van der Waals surface area (Å²) in [7, 11) is 1.59. The average molecular weight is 373 g/mol. The number of nitrogens with zero attached hydrogens (tertiary/aromatic N) is 1. The molecule has 1 aliphatic rings. The van der Waals surface area contributed by atoms with E-state index in [0.717, 1.165) is 17.0 Å². The minimum atomic E-state index is -0.380. The molecule has 2 unspecified atom stereocenters. The topological polar surface area (TPSA) is 58.6 Å². The Kier molecular flexibility index (Phi) is 5.47. The van der Waals surface area contributed by atoms with Crippen molar-refractivity contribution >= 4 is 29.1 Å². The van der Waals surface area contributed by atoms with Crippen molar-refractivity contribution < 1.29 is 14.3 Å². The van der Waals surface area contributed by atoms with Crippen LogP contribution in [0.1, 0.15) is 24.9 Å². The van der Waals surface area contributed by atoms with Gasteiger partial charge in [-0.1, -0.05) is 29.8 Å². The van der Waals surface area contributed by atoms with Gasteiger partial charge >= 0.3 is 0 Å². The Morgan fingerprint density at radius 3 is 2.58 bits per heavy atom.